The number of aryl methyl sites for hydroxylation is 1. The van der Waals surface area contributed by atoms with Gasteiger partial charge in [0.25, 0.3) is 0 Å². The summed E-state index contributed by atoms with van der Waals surface area (Å²) >= 11 is 0. The molecule has 1 N–H and O–H groups in total. The van der Waals surface area contributed by atoms with Crippen molar-refractivity contribution in [2.45, 2.75) is 63.4 Å². The highest BCUT2D eigenvalue weighted by molar-refractivity contribution is 5.92. The van der Waals surface area contributed by atoms with Gasteiger partial charge < -0.3 is 15.0 Å². The van der Waals surface area contributed by atoms with Crippen LogP contribution in [0.25, 0.3) is 11.4 Å². The van der Waals surface area contributed by atoms with E-state index in [9.17, 15) is 22.4 Å². The first-order chi connectivity index (χ1) is 15.5. The minimum absolute atomic E-state index is 0.0209. The number of nitrogens with one attached hydrogen (secondary N) is 1. The van der Waals surface area contributed by atoms with Gasteiger partial charge in [-0.1, -0.05) is 13.8 Å². The van der Waals surface area contributed by atoms with Gasteiger partial charge in [-0.25, -0.2) is 14.2 Å². The van der Waals surface area contributed by atoms with Crippen molar-refractivity contribution >= 4 is 11.7 Å². The number of methoxy groups -OCH3 is 1. The van der Waals surface area contributed by atoms with Crippen LogP contribution in [0.4, 0.5) is 28.0 Å². The molecule has 1 aliphatic carbocycles. The molecule has 0 radical (unpaired) electrons. The maximum Gasteiger partial charge on any atom is 0.417 e. The van der Waals surface area contributed by atoms with Crippen molar-refractivity contribution in [3.63, 3.8) is 0 Å². The lowest BCUT2D eigenvalue weighted by Gasteiger charge is -2.65. The van der Waals surface area contributed by atoms with Crippen LogP contribution in [-0.2, 0) is 18.0 Å². The van der Waals surface area contributed by atoms with Gasteiger partial charge in [0.2, 0.25) is 0 Å². The number of urea groups is 1. The number of aromatic nitrogens is 3. The molecule has 180 valence electrons. The van der Waals surface area contributed by atoms with Crippen molar-refractivity contribution in [1.82, 2.24) is 19.7 Å². The van der Waals surface area contributed by atoms with E-state index in [2.05, 4.69) is 22.3 Å². The summed E-state index contributed by atoms with van der Waals surface area (Å²) in [7, 11) is 3.12. The standard InChI is InChI=1S/C22H27F4N5O2/c1-5-18(33-4)21-9-12(2)6-13(10-21)31(21)20(32)28-17-7-14(19-27-11-30(3)29-19)15(8-16(17)23)22(24,25)26/h7-8,11-13,18H,5-6,9-10H2,1-4H3,(H,28,32)/t12-,13-,18-,21+/m0/s1. The maximum absolute atomic E-state index is 14.8. The second kappa shape index (κ2) is 8.27. The first kappa shape index (κ1) is 23.5. The van der Waals surface area contributed by atoms with Gasteiger partial charge >= 0.3 is 12.2 Å². The Balaban J connectivity index is 1.68. The minimum atomic E-state index is -4.82. The Morgan fingerprint density at radius 1 is 1.36 bits per heavy atom. The number of nitrogens with zero attached hydrogens (tertiary/aromatic N) is 4. The molecule has 1 saturated heterocycles. The third-order valence-electron chi connectivity index (χ3n) is 6.78. The van der Waals surface area contributed by atoms with E-state index in [0.717, 1.165) is 25.3 Å². The van der Waals surface area contributed by atoms with Gasteiger partial charge in [0.15, 0.2) is 5.82 Å². The number of fused-ring (bicyclic) bond motifs is 2. The van der Waals surface area contributed by atoms with Crippen LogP contribution < -0.4 is 5.32 Å². The topological polar surface area (TPSA) is 72.3 Å². The average molecular weight is 469 g/mol. The van der Waals surface area contributed by atoms with Gasteiger partial charge in [0.1, 0.15) is 12.1 Å². The van der Waals surface area contributed by atoms with Gasteiger partial charge in [-0.3, -0.25) is 4.68 Å². The van der Waals surface area contributed by atoms with Gasteiger partial charge in [-0.15, -0.1) is 0 Å². The zero-order valence-electron chi connectivity index (χ0n) is 18.9. The van der Waals surface area contributed by atoms with Crippen molar-refractivity contribution < 1.29 is 27.1 Å². The van der Waals surface area contributed by atoms with E-state index in [1.807, 2.05) is 6.92 Å². The van der Waals surface area contributed by atoms with E-state index in [4.69, 9.17) is 4.74 Å². The number of carbonyl (C=O) groups excluding carboxylic acids is 1. The zero-order valence-corrected chi connectivity index (χ0v) is 18.9. The Kier molecular flexibility index (Phi) is 5.88. The summed E-state index contributed by atoms with van der Waals surface area (Å²) in [5.74, 6) is -0.985. The summed E-state index contributed by atoms with van der Waals surface area (Å²) in [6, 6.07) is 0.754. The minimum Gasteiger partial charge on any atom is -0.379 e. The number of benzene rings is 1. The first-order valence-electron chi connectivity index (χ1n) is 10.9. The van der Waals surface area contributed by atoms with Crippen LogP contribution in [-0.4, -0.2) is 50.5 Å². The largest absolute Gasteiger partial charge is 0.417 e. The van der Waals surface area contributed by atoms with E-state index in [1.54, 1.807) is 12.0 Å². The Morgan fingerprint density at radius 3 is 2.67 bits per heavy atom. The summed E-state index contributed by atoms with van der Waals surface area (Å²) in [6.07, 6.45) is -0.707. The molecular weight excluding hydrogens is 442 g/mol. The van der Waals surface area contributed by atoms with Gasteiger partial charge in [-0.2, -0.15) is 18.3 Å². The van der Waals surface area contributed by atoms with Crippen LogP contribution >= 0.6 is 0 Å². The lowest BCUT2D eigenvalue weighted by molar-refractivity contribution is -0.162. The lowest BCUT2D eigenvalue weighted by Crippen LogP contribution is -2.76. The second-order valence-corrected chi connectivity index (χ2v) is 9.06. The van der Waals surface area contributed by atoms with Crippen molar-refractivity contribution in [3.05, 3.63) is 29.8 Å². The van der Waals surface area contributed by atoms with Gasteiger partial charge in [0, 0.05) is 25.8 Å². The Morgan fingerprint density at radius 2 is 2.09 bits per heavy atom. The van der Waals surface area contributed by atoms with Crippen molar-refractivity contribution in [2.75, 3.05) is 12.4 Å². The summed E-state index contributed by atoms with van der Waals surface area (Å²) in [5.41, 5.74) is -2.48. The Hall–Kier alpha value is -2.69. The van der Waals surface area contributed by atoms with E-state index in [-0.39, 0.29) is 23.7 Å². The van der Waals surface area contributed by atoms with Crippen LogP contribution in [0.3, 0.4) is 0 Å². The zero-order chi connectivity index (χ0) is 24.1. The molecule has 2 aliphatic rings. The molecule has 0 unspecified atom stereocenters. The summed E-state index contributed by atoms with van der Waals surface area (Å²) in [5, 5.41) is 6.43. The van der Waals surface area contributed by atoms with E-state index >= 15 is 0 Å². The molecule has 2 bridgehead atoms. The number of hydrogen-bond acceptors (Lipinski definition) is 4. The molecule has 1 aromatic heterocycles. The number of hydrogen-bond donors (Lipinski definition) is 1. The van der Waals surface area contributed by atoms with Gasteiger partial charge in [0.05, 0.1) is 22.9 Å². The summed E-state index contributed by atoms with van der Waals surface area (Å²) in [6.45, 7) is 4.10. The number of amides is 2. The molecule has 2 heterocycles. The van der Waals surface area contributed by atoms with Gasteiger partial charge in [-0.05, 0) is 43.7 Å². The monoisotopic (exact) mass is 469 g/mol. The summed E-state index contributed by atoms with van der Waals surface area (Å²) < 4.78 is 62.4. The molecule has 4 rings (SSSR count). The average Bonchev–Trinajstić information content (AvgIpc) is 3.15. The van der Waals surface area contributed by atoms with Crippen molar-refractivity contribution in [2.24, 2.45) is 13.0 Å². The van der Waals surface area contributed by atoms with Crippen LogP contribution in [0.5, 0.6) is 0 Å². The Labute approximate surface area is 189 Å². The van der Waals surface area contributed by atoms with Crippen LogP contribution in [0.2, 0.25) is 0 Å². The number of likely N-dealkylation sites (tertiary alicyclic amines) is 1. The molecule has 33 heavy (non-hydrogen) atoms. The molecule has 0 spiro atoms. The fourth-order valence-corrected chi connectivity index (χ4v) is 5.65. The van der Waals surface area contributed by atoms with E-state index in [0.29, 0.717) is 18.4 Å². The number of rotatable bonds is 5. The molecule has 7 nitrogen and oxygen atoms in total. The maximum atomic E-state index is 14.8. The number of carbonyl (C=O) groups is 1. The van der Waals surface area contributed by atoms with Crippen LogP contribution in [0, 0.1) is 11.7 Å². The third-order valence-corrected chi connectivity index (χ3v) is 6.78. The highest BCUT2D eigenvalue weighted by atomic mass is 19.4. The summed E-state index contributed by atoms with van der Waals surface area (Å²) in [4.78, 5) is 18.8. The fourth-order valence-electron chi connectivity index (χ4n) is 5.65. The predicted octanol–water partition coefficient (Wildman–Crippen LogP) is 4.84. The quantitative estimate of drug-likeness (QED) is 0.636. The molecule has 2 fully saturated rings. The van der Waals surface area contributed by atoms with Crippen molar-refractivity contribution in [3.8, 4) is 11.4 Å². The molecule has 2 amide bonds. The Bertz CT molecular complexity index is 1050. The highest BCUT2D eigenvalue weighted by Crippen LogP contribution is 2.53. The SMILES string of the molecule is CC[C@H](OC)[C@@]12C[C@@H](C)C[C@@H](C1)N2C(=O)Nc1cc(-c2ncn(C)n2)c(C(F)(F)F)cc1F. The number of piperidine rings is 1. The number of ether oxygens (including phenoxy) is 1. The molecule has 2 aromatic rings. The van der Waals surface area contributed by atoms with E-state index in [1.165, 1.54) is 18.1 Å². The lowest BCUT2D eigenvalue weighted by atomic mass is 9.61. The smallest absolute Gasteiger partial charge is 0.379 e. The first-order valence-corrected chi connectivity index (χ1v) is 10.9. The normalized spacial score (nSPS) is 25.5. The van der Waals surface area contributed by atoms with Crippen LogP contribution in [0.1, 0.15) is 45.1 Å². The highest BCUT2D eigenvalue weighted by Gasteiger charge is 2.61. The third kappa shape index (κ3) is 3.96. The number of alkyl halides is 3. The number of anilines is 1. The molecule has 1 aromatic carbocycles. The molecule has 11 heteroatoms. The van der Waals surface area contributed by atoms with Crippen LogP contribution in [0.15, 0.2) is 18.5 Å². The van der Waals surface area contributed by atoms with E-state index < -0.39 is 34.7 Å². The molecule has 4 atom stereocenters. The predicted molar refractivity (Wildman–Crippen MR) is 113 cm³/mol. The van der Waals surface area contributed by atoms with Crippen molar-refractivity contribution in [1.29, 1.82) is 0 Å². The number of halogens is 4. The molecule has 1 aliphatic heterocycles. The second-order valence-electron chi connectivity index (χ2n) is 9.06. The molecule has 1 saturated carbocycles. The fraction of sp³-hybridized carbons (Fsp3) is 0.591. The molecular formula is C22H27F4N5O2.